The van der Waals surface area contributed by atoms with Gasteiger partial charge in [-0.05, 0) is 49.1 Å². The number of hydrogen-bond donors (Lipinski definition) is 1. The molecule has 3 heterocycles. The molecule has 2 aromatic rings. The maximum absolute atomic E-state index is 12.6. The fourth-order valence-corrected chi connectivity index (χ4v) is 3.63. The smallest absolute Gasteiger partial charge is 0.242 e. The first-order chi connectivity index (χ1) is 14.1. The van der Waals surface area contributed by atoms with E-state index in [1.165, 1.54) is 0 Å². The minimum atomic E-state index is -0.243. The molecule has 4 rings (SSSR count). The van der Waals surface area contributed by atoms with E-state index >= 15 is 0 Å². The van der Waals surface area contributed by atoms with Crippen LogP contribution >= 0.6 is 0 Å². The number of ether oxygens (including phenoxy) is 3. The largest absolute Gasteiger partial charge is 0.493 e. The van der Waals surface area contributed by atoms with Crippen molar-refractivity contribution in [1.82, 2.24) is 9.88 Å². The highest BCUT2D eigenvalue weighted by molar-refractivity contribution is 5.93. The van der Waals surface area contributed by atoms with Crippen LogP contribution in [0.2, 0.25) is 0 Å². The number of amides is 1. The van der Waals surface area contributed by atoms with Crippen molar-refractivity contribution in [2.45, 2.75) is 26.3 Å². The quantitative estimate of drug-likeness (QED) is 0.836. The number of pyridine rings is 1. The van der Waals surface area contributed by atoms with Crippen LogP contribution < -0.4 is 14.8 Å². The Bertz CT molecular complexity index is 867. The third-order valence-electron chi connectivity index (χ3n) is 5.31. The first-order valence-electron chi connectivity index (χ1n) is 10.1. The number of aromatic nitrogens is 1. The van der Waals surface area contributed by atoms with Crippen molar-refractivity contribution < 1.29 is 19.0 Å². The Labute approximate surface area is 171 Å². The Morgan fingerprint density at radius 1 is 1.24 bits per heavy atom. The average Bonchev–Trinajstić information content (AvgIpc) is 2.74. The van der Waals surface area contributed by atoms with Gasteiger partial charge in [-0.15, -0.1) is 0 Å². The van der Waals surface area contributed by atoms with Crippen molar-refractivity contribution in [2.75, 3.05) is 38.2 Å². The molecule has 0 aliphatic carbocycles. The van der Waals surface area contributed by atoms with Gasteiger partial charge in [0, 0.05) is 25.4 Å². The number of rotatable bonds is 5. The topological polar surface area (TPSA) is 72.9 Å². The molecule has 2 atom stereocenters. The fraction of sp³-hybridized carbons (Fsp3) is 0.455. The van der Waals surface area contributed by atoms with Crippen LogP contribution in [0.5, 0.6) is 17.2 Å². The number of nitrogens with one attached hydrogen (secondary N) is 1. The summed E-state index contributed by atoms with van der Waals surface area (Å²) in [7, 11) is 0. The number of fused-ring (bicyclic) bond motifs is 1. The standard InChI is InChI=1S/C22H27N3O4/c1-15-11-17-12-18(3-4-20(17)28-14-15)29-19-5-6-23-21(13-19)24-22(26)16(2)25-7-9-27-10-8-25/h3-6,12-13,15-16H,7-11,14H2,1-2H3,(H,23,24,26). The van der Waals surface area contributed by atoms with E-state index < -0.39 is 0 Å². The zero-order valence-corrected chi connectivity index (χ0v) is 16.9. The van der Waals surface area contributed by atoms with Gasteiger partial charge >= 0.3 is 0 Å². The van der Waals surface area contributed by atoms with E-state index in [0.717, 1.165) is 43.2 Å². The van der Waals surface area contributed by atoms with E-state index in [2.05, 4.69) is 22.1 Å². The molecule has 1 fully saturated rings. The maximum atomic E-state index is 12.6. The zero-order chi connectivity index (χ0) is 20.2. The van der Waals surface area contributed by atoms with Crippen LogP contribution in [0.15, 0.2) is 36.5 Å². The third-order valence-corrected chi connectivity index (χ3v) is 5.31. The predicted molar refractivity (Wildman–Crippen MR) is 110 cm³/mol. The second-order valence-electron chi connectivity index (χ2n) is 7.68. The molecule has 1 aromatic heterocycles. The molecule has 1 saturated heterocycles. The van der Waals surface area contributed by atoms with Gasteiger partial charge in [-0.2, -0.15) is 0 Å². The second-order valence-corrected chi connectivity index (χ2v) is 7.68. The summed E-state index contributed by atoms with van der Waals surface area (Å²) < 4.78 is 17.1. The Morgan fingerprint density at radius 2 is 2.03 bits per heavy atom. The third kappa shape index (κ3) is 4.86. The van der Waals surface area contributed by atoms with Crippen molar-refractivity contribution in [2.24, 2.45) is 5.92 Å². The summed E-state index contributed by atoms with van der Waals surface area (Å²) in [5.74, 6) is 3.17. The zero-order valence-electron chi connectivity index (χ0n) is 16.9. The van der Waals surface area contributed by atoms with E-state index in [4.69, 9.17) is 14.2 Å². The van der Waals surface area contributed by atoms with Crippen LogP contribution in [0.1, 0.15) is 19.4 Å². The van der Waals surface area contributed by atoms with Gasteiger partial charge in [-0.3, -0.25) is 9.69 Å². The minimum Gasteiger partial charge on any atom is -0.493 e. The summed E-state index contributed by atoms with van der Waals surface area (Å²) >= 11 is 0. The molecule has 7 heteroatoms. The molecule has 0 radical (unpaired) electrons. The van der Waals surface area contributed by atoms with Crippen LogP contribution in [0.4, 0.5) is 5.82 Å². The Morgan fingerprint density at radius 3 is 2.86 bits per heavy atom. The molecule has 2 aliphatic rings. The van der Waals surface area contributed by atoms with E-state index in [1.807, 2.05) is 25.1 Å². The van der Waals surface area contributed by atoms with Gasteiger partial charge in [0.1, 0.15) is 23.1 Å². The molecule has 0 saturated carbocycles. The number of carbonyl (C=O) groups is 1. The second kappa shape index (κ2) is 8.80. The molecule has 1 amide bonds. The van der Waals surface area contributed by atoms with Gasteiger partial charge in [0.25, 0.3) is 0 Å². The highest BCUT2D eigenvalue weighted by Gasteiger charge is 2.23. The maximum Gasteiger partial charge on any atom is 0.242 e. The van der Waals surface area contributed by atoms with Gasteiger partial charge in [-0.1, -0.05) is 6.92 Å². The van der Waals surface area contributed by atoms with E-state index in [0.29, 0.717) is 30.7 Å². The highest BCUT2D eigenvalue weighted by Crippen LogP contribution is 2.32. The first kappa shape index (κ1) is 19.7. The molecule has 1 N–H and O–H groups in total. The van der Waals surface area contributed by atoms with Crippen LogP contribution in [-0.2, 0) is 16.0 Å². The first-order valence-corrected chi connectivity index (χ1v) is 10.1. The van der Waals surface area contributed by atoms with Crippen LogP contribution in [0, 0.1) is 5.92 Å². The molecule has 2 unspecified atom stereocenters. The SMILES string of the molecule is CC1COc2ccc(Oc3ccnc(NC(=O)C(C)N4CCOCC4)c3)cc2C1. The van der Waals surface area contributed by atoms with Crippen molar-refractivity contribution in [3.05, 3.63) is 42.1 Å². The number of morpholine rings is 1. The van der Waals surface area contributed by atoms with Gasteiger partial charge in [0.05, 0.1) is 25.9 Å². The average molecular weight is 397 g/mol. The van der Waals surface area contributed by atoms with Gasteiger partial charge in [0.2, 0.25) is 5.91 Å². The number of carbonyl (C=O) groups excluding carboxylic acids is 1. The van der Waals surface area contributed by atoms with Gasteiger partial charge in [0.15, 0.2) is 0 Å². The summed E-state index contributed by atoms with van der Waals surface area (Å²) in [4.78, 5) is 18.9. The molecule has 0 bridgehead atoms. The predicted octanol–water partition coefficient (Wildman–Crippen LogP) is 3.10. The number of nitrogens with zero attached hydrogens (tertiary/aromatic N) is 2. The van der Waals surface area contributed by atoms with E-state index in [-0.39, 0.29) is 11.9 Å². The molecule has 2 aliphatic heterocycles. The minimum absolute atomic E-state index is 0.0866. The van der Waals surface area contributed by atoms with Crippen LogP contribution in [-0.4, -0.2) is 54.7 Å². The fourth-order valence-electron chi connectivity index (χ4n) is 3.63. The molecule has 154 valence electrons. The van der Waals surface area contributed by atoms with E-state index in [1.54, 1.807) is 18.3 Å². The number of benzene rings is 1. The van der Waals surface area contributed by atoms with Crippen molar-refractivity contribution in [1.29, 1.82) is 0 Å². The summed E-state index contributed by atoms with van der Waals surface area (Å²) in [6.07, 6.45) is 2.61. The lowest BCUT2D eigenvalue weighted by Gasteiger charge is -2.31. The molecule has 7 nitrogen and oxygen atoms in total. The molecular weight excluding hydrogens is 370 g/mol. The summed E-state index contributed by atoms with van der Waals surface area (Å²) in [6, 6.07) is 9.14. The lowest BCUT2D eigenvalue weighted by atomic mass is 9.98. The Kier molecular flexibility index (Phi) is 5.97. The van der Waals surface area contributed by atoms with Gasteiger partial charge < -0.3 is 19.5 Å². The Hall–Kier alpha value is -2.64. The molecular formula is C22H27N3O4. The number of anilines is 1. The molecule has 1 aromatic carbocycles. The van der Waals surface area contributed by atoms with E-state index in [9.17, 15) is 4.79 Å². The van der Waals surface area contributed by atoms with Crippen LogP contribution in [0.3, 0.4) is 0 Å². The Balaban J connectivity index is 1.41. The monoisotopic (exact) mass is 397 g/mol. The number of hydrogen-bond acceptors (Lipinski definition) is 6. The summed E-state index contributed by atoms with van der Waals surface area (Å²) in [5, 5.41) is 2.89. The van der Waals surface area contributed by atoms with Crippen molar-refractivity contribution >= 4 is 11.7 Å². The molecule has 0 spiro atoms. The van der Waals surface area contributed by atoms with Gasteiger partial charge in [-0.25, -0.2) is 4.98 Å². The normalized spacial score (nSPS) is 20.3. The highest BCUT2D eigenvalue weighted by atomic mass is 16.5. The van der Waals surface area contributed by atoms with Crippen molar-refractivity contribution in [3.63, 3.8) is 0 Å². The summed E-state index contributed by atoms with van der Waals surface area (Å²) in [5.41, 5.74) is 1.16. The summed E-state index contributed by atoms with van der Waals surface area (Å²) in [6.45, 7) is 7.65. The van der Waals surface area contributed by atoms with Crippen molar-refractivity contribution in [3.8, 4) is 17.2 Å². The lowest BCUT2D eigenvalue weighted by molar-refractivity contribution is -0.122. The molecule has 29 heavy (non-hydrogen) atoms. The van der Waals surface area contributed by atoms with Crippen LogP contribution in [0.25, 0.3) is 0 Å². The lowest BCUT2D eigenvalue weighted by Crippen LogP contribution is -2.47.